The Hall–Kier alpha value is -2.42. The standard InChI is InChI=1S/C15H14N2O/c18-10-4-6-11-5-3-9-14-15(11)17-13-8-2-1-7-12(13)16-14/h1-5,7-10,16-18H,6H2. The summed E-state index contributed by atoms with van der Waals surface area (Å²) >= 11 is 0. The van der Waals surface area contributed by atoms with Crippen molar-refractivity contribution in [3.05, 3.63) is 60.4 Å². The number of aliphatic hydroxyl groups excluding tert-OH is 1. The Kier molecular flexibility index (Phi) is 2.65. The van der Waals surface area contributed by atoms with Gasteiger partial charge in [0.15, 0.2) is 0 Å². The van der Waals surface area contributed by atoms with E-state index in [1.54, 1.807) is 6.08 Å². The summed E-state index contributed by atoms with van der Waals surface area (Å²) in [5.41, 5.74) is 5.46. The van der Waals surface area contributed by atoms with E-state index in [1.807, 2.05) is 36.4 Å². The third kappa shape index (κ3) is 1.80. The second kappa shape index (κ2) is 4.45. The van der Waals surface area contributed by atoms with Gasteiger partial charge in [-0.25, -0.2) is 0 Å². The first-order valence-electron chi connectivity index (χ1n) is 5.92. The predicted molar refractivity (Wildman–Crippen MR) is 74.9 cm³/mol. The first-order chi connectivity index (χ1) is 8.88. The quantitative estimate of drug-likeness (QED) is 0.589. The molecule has 2 aromatic carbocycles. The van der Waals surface area contributed by atoms with Crippen molar-refractivity contribution in [1.82, 2.24) is 0 Å². The molecule has 90 valence electrons. The van der Waals surface area contributed by atoms with Crippen molar-refractivity contribution in [1.29, 1.82) is 0 Å². The second-order valence-electron chi connectivity index (χ2n) is 4.22. The molecule has 0 aromatic heterocycles. The third-order valence-electron chi connectivity index (χ3n) is 3.05. The average molecular weight is 238 g/mol. The van der Waals surface area contributed by atoms with Crippen LogP contribution in [0.1, 0.15) is 5.56 Å². The Labute approximate surface area is 106 Å². The molecule has 1 aliphatic rings. The molecule has 2 aromatic rings. The van der Waals surface area contributed by atoms with Gasteiger partial charge in [0.05, 0.1) is 29.0 Å². The highest BCUT2D eigenvalue weighted by Crippen LogP contribution is 2.40. The van der Waals surface area contributed by atoms with Gasteiger partial charge in [0.2, 0.25) is 0 Å². The Bertz CT molecular complexity index is 605. The van der Waals surface area contributed by atoms with Crippen molar-refractivity contribution in [3.8, 4) is 0 Å². The van der Waals surface area contributed by atoms with Crippen LogP contribution < -0.4 is 10.6 Å². The molecule has 0 fully saturated rings. The normalized spacial score (nSPS) is 12.4. The van der Waals surface area contributed by atoms with Crippen molar-refractivity contribution in [2.45, 2.75) is 6.42 Å². The van der Waals surface area contributed by atoms with Crippen LogP contribution in [0.15, 0.2) is 54.8 Å². The zero-order chi connectivity index (χ0) is 12.4. The van der Waals surface area contributed by atoms with Crippen LogP contribution >= 0.6 is 0 Å². The number of anilines is 4. The second-order valence-corrected chi connectivity index (χ2v) is 4.22. The molecule has 3 rings (SSSR count). The molecule has 0 bridgehead atoms. The minimum absolute atomic E-state index is 0.705. The van der Waals surface area contributed by atoms with Gasteiger partial charge in [0, 0.05) is 0 Å². The van der Waals surface area contributed by atoms with Crippen LogP contribution in [-0.4, -0.2) is 5.11 Å². The van der Waals surface area contributed by atoms with E-state index in [1.165, 1.54) is 0 Å². The van der Waals surface area contributed by atoms with Crippen LogP contribution in [0.25, 0.3) is 0 Å². The van der Waals surface area contributed by atoms with Gasteiger partial charge in [0.1, 0.15) is 0 Å². The van der Waals surface area contributed by atoms with Crippen LogP contribution in [0.3, 0.4) is 0 Å². The summed E-state index contributed by atoms with van der Waals surface area (Å²) in [5, 5.41) is 15.6. The van der Waals surface area contributed by atoms with Gasteiger partial charge in [-0.15, -0.1) is 0 Å². The first kappa shape index (κ1) is 10.7. The number of fused-ring (bicyclic) bond motifs is 2. The lowest BCUT2D eigenvalue weighted by Crippen LogP contribution is -2.08. The summed E-state index contributed by atoms with van der Waals surface area (Å²) in [6.45, 7) is 0. The van der Waals surface area contributed by atoms with E-state index in [-0.39, 0.29) is 0 Å². The fraction of sp³-hybridized carbons (Fsp3) is 0.0667. The molecule has 0 amide bonds. The van der Waals surface area contributed by atoms with Crippen LogP contribution in [0, 0.1) is 0 Å². The summed E-state index contributed by atoms with van der Waals surface area (Å²) in [6, 6.07) is 14.2. The Morgan fingerprint density at radius 2 is 1.61 bits per heavy atom. The number of benzene rings is 2. The minimum Gasteiger partial charge on any atom is -0.516 e. The van der Waals surface area contributed by atoms with E-state index in [2.05, 4.69) is 16.7 Å². The lowest BCUT2D eigenvalue weighted by molar-refractivity contribution is 0.471. The SMILES string of the molecule is OC=CCc1cccc2c1Nc1ccccc1N2. The first-order valence-corrected chi connectivity index (χ1v) is 5.92. The summed E-state index contributed by atoms with van der Waals surface area (Å²) < 4.78 is 0. The number of hydrogen-bond donors (Lipinski definition) is 3. The molecule has 1 aliphatic heterocycles. The highest BCUT2D eigenvalue weighted by molar-refractivity contribution is 5.91. The molecular formula is C15H14N2O. The van der Waals surface area contributed by atoms with Gasteiger partial charge < -0.3 is 15.7 Å². The lowest BCUT2D eigenvalue weighted by atomic mass is 10.0. The number of hydrogen-bond acceptors (Lipinski definition) is 3. The molecule has 0 spiro atoms. The Morgan fingerprint density at radius 1 is 0.889 bits per heavy atom. The highest BCUT2D eigenvalue weighted by atomic mass is 16.2. The van der Waals surface area contributed by atoms with E-state index in [4.69, 9.17) is 5.11 Å². The maximum Gasteiger partial charge on any atom is 0.0755 e. The topological polar surface area (TPSA) is 44.3 Å². The maximum atomic E-state index is 8.77. The van der Waals surface area contributed by atoms with Crippen molar-refractivity contribution in [2.24, 2.45) is 0 Å². The molecule has 3 N–H and O–H groups in total. The van der Waals surface area contributed by atoms with Crippen molar-refractivity contribution in [3.63, 3.8) is 0 Å². The average Bonchev–Trinajstić information content (AvgIpc) is 2.43. The summed E-state index contributed by atoms with van der Waals surface area (Å²) in [5.74, 6) is 0. The van der Waals surface area contributed by atoms with Crippen LogP contribution in [0.2, 0.25) is 0 Å². The third-order valence-corrected chi connectivity index (χ3v) is 3.05. The van der Waals surface area contributed by atoms with Gasteiger partial charge in [0.25, 0.3) is 0 Å². The number of aliphatic hydroxyl groups is 1. The molecule has 0 aliphatic carbocycles. The minimum atomic E-state index is 0.705. The molecule has 0 radical (unpaired) electrons. The van der Waals surface area contributed by atoms with Crippen LogP contribution in [-0.2, 0) is 6.42 Å². The lowest BCUT2D eigenvalue weighted by Gasteiger charge is -2.24. The number of allylic oxidation sites excluding steroid dienone is 1. The fourth-order valence-corrected chi connectivity index (χ4v) is 2.18. The van der Waals surface area contributed by atoms with E-state index < -0.39 is 0 Å². The van der Waals surface area contributed by atoms with Crippen molar-refractivity contribution in [2.75, 3.05) is 10.6 Å². The van der Waals surface area contributed by atoms with E-state index in [0.29, 0.717) is 6.42 Å². The van der Waals surface area contributed by atoms with Gasteiger partial charge in [-0.1, -0.05) is 24.3 Å². The molecular weight excluding hydrogens is 224 g/mol. The van der Waals surface area contributed by atoms with Crippen molar-refractivity contribution >= 4 is 22.7 Å². The maximum absolute atomic E-state index is 8.77. The van der Waals surface area contributed by atoms with Crippen LogP contribution in [0.5, 0.6) is 0 Å². The number of para-hydroxylation sites is 3. The zero-order valence-corrected chi connectivity index (χ0v) is 9.85. The Morgan fingerprint density at radius 3 is 2.39 bits per heavy atom. The molecule has 0 saturated carbocycles. The summed E-state index contributed by atoms with van der Waals surface area (Å²) in [7, 11) is 0. The molecule has 3 heteroatoms. The van der Waals surface area contributed by atoms with Crippen LogP contribution in [0.4, 0.5) is 22.7 Å². The number of nitrogens with one attached hydrogen (secondary N) is 2. The molecule has 3 nitrogen and oxygen atoms in total. The Balaban J connectivity index is 2.02. The van der Waals surface area contributed by atoms with Gasteiger partial charge in [-0.05, 0) is 36.3 Å². The zero-order valence-electron chi connectivity index (χ0n) is 9.85. The molecule has 0 unspecified atom stereocenters. The van der Waals surface area contributed by atoms with E-state index >= 15 is 0 Å². The fourth-order valence-electron chi connectivity index (χ4n) is 2.18. The van der Waals surface area contributed by atoms with Crippen molar-refractivity contribution < 1.29 is 5.11 Å². The molecule has 1 heterocycles. The predicted octanol–water partition coefficient (Wildman–Crippen LogP) is 4.10. The van der Waals surface area contributed by atoms with Gasteiger partial charge >= 0.3 is 0 Å². The van der Waals surface area contributed by atoms with Gasteiger partial charge in [-0.2, -0.15) is 0 Å². The largest absolute Gasteiger partial charge is 0.516 e. The number of rotatable bonds is 2. The highest BCUT2D eigenvalue weighted by Gasteiger charge is 2.15. The summed E-state index contributed by atoms with van der Waals surface area (Å²) in [6.07, 6.45) is 3.53. The van der Waals surface area contributed by atoms with Gasteiger partial charge in [-0.3, -0.25) is 0 Å². The monoisotopic (exact) mass is 238 g/mol. The molecule has 18 heavy (non-hydrogen) atoms. The summed E-state index contributed by atoms with van der Waals surface area (Å²) in [4.78, 5) is 0. The smallest absolute Gasteiger partial charge is 0.0755 e. The molecule has 0 saturated heterocycles. The molecule has 0 atom stereocenters. The van der Waals surface area contributed by atoms with E-state index in [0.717, 1.165) is 34.6 Å². The van der Waals surface area contributed by atoms with E-state index in [9.17, 15) is 0 Å².